The van der Waals surface area contributed by atoms with Crippen molar-refractivity contribution in [1.29, 1.82) is 0 Å². The Kier molecular flexibility index (Phi) is 3.99. The first-order chi connectivity index (χ1) is 8.59. The van der Waals surface area contributed by atoms with Crippen molar-refractivity contribution in [3.05, 3.63) is 57.2 Å². The number of anilines is 1. The lowest BCUT2D eigenvalue weighted by molar-refractivity contribution is 0.102. The van der Waals surface area contributed by atoms with E-state index in [9.17, 15) is 4.79 Å². The van der Waals surface area contributed by atoms with Crippen LogP contribution >= 0.6 is 27.5 Å². The van der Waals surface area contributed by atoms with Gasteiger partial charge in [0, 0.05) is 16.8 Å². The van der Waals surface area contributed by atoms with Crippen LogP contribution in [0.4, 0.5) is 5.82 Å². The van der Waals surface area contributed by atoms with Gasteiger partial charge in [-0.15, -0.1) is 0 Å². The molecular weight excluding hydrogens is 316 g/mol. The van der Waals surface area contributed by atoms with Crippen molar-refractivity contribution in [3.8, 4) is 0 Å². The fourth-order valence-corrected chi connectivity index (χ4v) is 2.03. The van der Waals surface area contributed by atoms with Gasteiger partial charge in [-0.2, -0.15) is 0 Å². The summed E-state index contributed by atoms with van der Waals surface area (Å²) in [6.45, 7) is 1.81. The average molecular weight is 326 g/mol. The van der Waals surface area contributed by atoms with Crippen LogP contribution in [-0.4, -0.2) is 10.9 Å². The van der Waals surface area contributed by atoms with Gasteiger partial charge in [0.1, 0.15) is 5.82 Å². The van der Waals surface area contributed by atoms with Crippen molar-refractivity contribution >= 4 is 39.3 Å². The van der Waals surface area contributed by atoms with Crippen LogP contribution in [0.1, 0.15) is 15.9 Å². The summed E-state index contributed by atoms with van der Waals surface area (Å²) in [4.78, 5) is 16.2. The number of carbonyl (C=O) groups is 1. The highest BCUT2D eigenvalue weighted by Gasteiger charge is 2.12. The SMILES string of the molecule is Cc1c(Cl)cccc1C(=O)Nc1ncccc1Br. The molecule has 0 spiro atoms. The number of hydrogen-bond acceptors (Lipinski definition) is 2. The molecule has 0 aliphatic heterocycles. The number of aromatic nitrogens is 1. The van der Waals surface area contributed by atoms with Crippen molar-refractivity contribution in [2.45, 2.75) is 6.92 Å². The third-order valence-electron chi connectivity index (χ3n) is 2.50. The Balaban J connectivity index is 2.28. The molecule has 0 unspecified atom stereocenters. The second-order valence-corrected chi connectivity index (χ2v) is 4.96. The molecule has 0 saturated carbocycles. The summed E-state index contributed by atoms with van der Waals surface area (Å²) >= 11 is 9.31. The van der Waals surface area contributed by atoms with Crippen molar-refractivity contribution in [2.75, 3.05) is 5.32 Å². The predicted octanol–water partition coefficient (Wildman–Crippen LogP) is 4.06. The van der Waals surface area contributed by atoms with E-state index in [0.717, 1.165) is 10.0 Å². The van der Waals surface area contributed by atoms with Crippen LogP contribution in [0.2, 0.25) is 5.02 Å². The van der Waals surface area contributed by atoms with Gasteiger partial charge >= 0.3 is 0 Å². The molecule has 18 heavy (non-hydrogen) atoms. The number of nitrogens with one attached hydrogen (secondary N) is 1. The van der Waals surface area contributed by atoms with Crippen LogP contribution in [0.15, 0.2) is 41.0 Å². The summed E-state index contributed by atoms with van der Waals surface area (Å²) in [6, 6.07) is 8.83. The minimum Gasteiger partial charge on any atom is -0.306 e. The van der Waals surface area contributed by atoms with Gasteiger partial charge in [0.25, 0.3) is 5.91 Å². The Bertz CT molecular complexity index is 601. The molecule has 0 aliphatic carbocycles. The van der Waals surface area contributed by atoms with Crippen molar-refractivity contribution in [1.82, 2.24) is 4.98 Å². The molecule has 1 amide bonds. The van der Waals surface area contributed by atoms with E-state index >= 15 is 0 Å². The maximum absolute atomic E-state index is 12.1. The number of halogens is 2. The van der Waals surface area contributed by atoms with Crippen LogP contribution in [0.3, 0.4) is 0 Å². The lowest BCUT2D eigenvalue weighted by Crippen LogP contribution is -2.14. The fraction of sp³-hybridized carbons (Fsp3) is 0.0769. The van der Waals surface area contributed by atoms with Gasteiger partial charge in [-0.1, -0.05) is 17.7 Å². The summed E-state index contributed by atoms with van der Waals surface area (Å²) in [5.41, 5.74) is 1.30. The Morgan fingerprint density at radius 2 is 2.11 bits per heavy atom. The summed E-state index contributed by atoms with van der Waals surface area (Å²) in [7, 11) is 0. The standard InChI is InChI=1S/C13H10BrClN2O/c1-8-9(4-2-6-11(8)15)13(18)17-12-10(14)5-3-7-16-12/h2-7H,1H3,(H,16,17,18). The van der Waals surface area contributed by atoms with Crippen LogP contribution in [0.5, 0.6) is 0 Å². The van der Waals surface area contributed by atoms with E-state index in [0.29, 0.717) is 16.4 Å². The Hall–Kier alpha value is -1.39. The quantitative estimate of drug-likeness (QED) is 0.905. The van der Waals surface area contributed by atoms with Crippen molar-refractivity contribution < 1.29 is 4.79 Å². The molecule has 0 radical (unpaired) electrons. The van der Waals surface area contributed by atoms with Gasteiger partial charge in [-0.3, -0.25) is 4.79 Å². The van der Waals surface area contributed by atoms with Gasteiger partial charge in [0.05, 0.1) is 4.47 Å². The number of nitrogens with zero attached hydrogens (tertiary/aromatic N) is 1. The van der Waals surface area contributed by atoms with E-state index < -0.39 is 0 Å². The summed E-state index contributed by atoms with van der Waals surface area (Å²) < 4.78 is 0.734. The van der Waals surface area contributed by atoms with E-state index in [-0.39, 0.29) is 5.91 Å². The molecule has 0 aliphatic rings. The predicted molar refractivity (Wildman–Crippen MR) is 76.1 cm³/mol. The van der Waals surface area contributed by atoms with Gasteiger partial charge in [-0.25, -0.2) is 4.98 Å². The third kappa shape index (κ3) is 2.71. The van der Waals surface area contributed by atoms with Crippen LogP contribution < -0.4 is 5.32 Å². The lowest BCUT2D eigenvalue weighted by Gasteiger charge is -2.09. The molecule has 0 fully saturated rings. The largest absolute Gasteiger partial charge is 0.306 e. The van der Waals surface area contributed by atoms with E-state index in [2.05, 4.69) is 26.2 Å². The highest BCUT2D eigenvalue weighted by molar-refractivity contribution is 9.10. The minimum absolute atomic E-state index is 0.227. The first-order valence-corrected chi connectivity index (χ1v) is 6.43. The Labute approximate surface area is 118 Å². The topological polar surface area (TPSA) is 42.0 Å². The number of benzene rings is 1. The third-order valence-corrected chi connectivity index (χ3v) is 3.55. The number of amides is 1. The molecular formula is C13H10BrClN2O. The van der Waals surface area contributed by atoms with Gasteiger partial charge in [0.15, 0.2) is 0 Å². The van der Waals surface area contributed by atoms with Crippen LogP contribution in [0, 0.1) is 6.92 Å². The zero-order chi connectivity index (χ0) is 13.1. The van der Waals surface area contributed by atoms with E-state index in [4.69, 9.17) is 11.6 Å². The highest BCUT2D eigenvalue weighted by atomic mass is 79.9. The van der Waals surface area contributed by atoms with Crippen LogP contribution in [0.25, 0.3) is 0 Å². The molecule has 0 atom stereocenters. The normalized spacial score (nSPS) is 10.2. The Morgan fingerprint density at radius 3 is 2.83 bits per heavy atom. The zero-order valence-corrected chi connectivity index (χ0v) is 11.9. The van der Waals surface area contributed by atoms with Crippen molar-refractivity contribution in [3.63, 3.8) is 0 Å². The molecule has 5 heteroatoms. The molecule has 92 valence electrons. The second kappa shape index (κ2) is 5.50. The van der Waals surface area contributed by atoms with Crippen LogP contribution in [-0.2, 0) is 0 Å². The zero-order valence-electron chi connectivity index (χ0n) is 9.58. The molecule has 0 saturated heterocycles. The molecule has 1 aromatic carbocycles. The van der Waals surface area contributed by atoms with Crippen molar-refractivity contribution in [2.24, 2.45) is 0 Å². The number of carbonyl (C=O) groups excluding carboxylic acids is 1. The van der Waals surface area contributed by atoms with Gasteiger partial charge in [0.2, 0.25) is 0 Å². The monoisotopic (exact) mass is 324 g/mol. The molecule has 1 heterocycles. The maximum Gasteiger partial charge on any atom is 0.257 e. The molecule has 2 aromatic rings. The first-order valence-electron chi connectivity index (χ1n) is 5.26. The Morgan fingerprint density at radius 1 is 1.33 bits per heavy atom. The first kappa shape index (κ1) is 13.1. The van der Waals surface area contributed by atoms with E-state index in [1.54, 1.807) is 30.5 Å². The van der Waals surface area contributed by atoms with Gasteiger partial charge in [-0.05, 0) is 52.7 Å². The van der Waals surface area contributed by atoms with Gasteiger partial charge < -0.3 is 5.32 Å². The fourth-order valence-electron chi connectivity index (χ4n) is 1.51. The maximum atomic E-state index is 12.1. The molecule has 3 nitrogen and oxygen atoms in total. The summed E-state index contributed by atoms with van der Waals surface area (Å²) in [5, 5.41) is 3.31. The molecule has 1 N–H and O–H groups in total. The number of pyridine rings is 1. The summed E-state index contributed by atoms with van der Waals surface area (Å²) in [5.74, 6) is 0.260. The summed E-state index contributed by atoms with van der Waals surface area (Å²) in [6.07, 6.45) is 1.62. The number of rotatable bonds is 2. The van der Waals surface area contributed by atoms with E-state index in [1.165, 1.54) is 0 Å². The molecule has 2 rings (SSSR count). The highest BCUT2D eigenvalue weighted by Crippen LogP contribution is 2.22. The molecule has 1 aromatic heterocycles. The van der Waals surface area contributed by atoms with E-state index in [1.807, 2.05) is 13.0 Å². The second-order valence-electron chi connectivity index (χ2n) is 3.70. The smallest absolute Gasteiger partial charge is 0.257 e. The number of hydrogen-bond donors (Lipinski definition) is 1. The molecule has 0 bridgehead atoms. The lowest BCUT2D eigenvalue weighted by atomic mass is 10.1. The average Bonchev–Trinajstić information content (AvgIpc) is 2.35. The minimum atomic E-state index is -0.227.